The van der Waals surface area contributed by atoms with Gasteiger partial charge in [-0.3, -0.25) is 4.79 Å². The number of rotatable bonds is 6. The van der Waals surface area contributed by atoms with Crippen molar-refractivity contribution >= 4 is 12.1 Å². The molecule has 0 atom stereocenters. The van der Waals surface area contributed by atoms with E-state index in [-0.39, 0.29) is 18.6 Å². The van der Waals surface area contributed by atoms with Gasteiger partial charge in [-0.15, -0.1) is 0 Å². The second kappa shape index (κ2) is 7.60. The third-order valence-corrected chi connectivity index (χ3v) is 1.74. The third kappa shape index (κ3) is 7.27. The smallest absolute Gasteiger partial charge is 0.303 e. The van der Waals surface area contributed by atoms with Crippen molar-refractivity contribution in [3.8, 4) is 0 Å². The molecule has 0 spiro atoms. The quantitative estimate of drug-likeness (QED) is 0.410. The van der Waals surface area contributed by atoms with Crippen molar-refractivity contribution in [1.82, 2.24) is 0 Å². The van der Waals surface area contributed by atoms with Crippen molar-refractivity contribution in [2.45, 2.75) is 25.9 Å². The molecule has 0 aromatic rings. The van der Waals surface area contributed by atoms with Gasteiger partial charge in [0.1, 0.15) is 6.29 Å². The predicted molar refractivity (Wildman–Crippen MR) is 58.4 cm³/mol. The molecule has 0 aliphatic carbocycles. The number of allylic oxidation sites excluding steroid dienone is 6. The monoisotopic (exact) mass is 246 g/mol. The summed E-state index contributed by atoms with van der Waals surface area (Å²) in [5, 5.41) is 0. The molecule has 17 heavy (non-hydrogen) atoms. The van der Waals surface area contributed by atoms with Gasteiger partial charge in [0.15, 0.2) is 5.78 Å². The summed E-state index contributed by atoms with van der Waals surface area (Å²) in [5.74, 6) is -0.379. The van der Waals surface area contributed by atoms with Gasteiger partial charge in [0, 0.05) is 12.8 Å². The normalized spacial score (nSPS) is 13.5. The fraction of sp³-hybridized carbons (Fsp3) is 0.333. The van der Waals surface area contributed by atoms with E-state index in [2.05, 4.69) is 0 Å². The van der Waals surface area contributed by atoms with Crippen LogP contribution in [0.1, 0.15) is 19.8 Å². The SMILES string of the molecule is C\C=C/C(=C\C=C\C(=O)CCC=O)C(F)(F)F. The number of alkyl halides is 3. The first-order valence-electron chi connectivity index (χ1n) is 4.96. The van der Waals surface area contributed by atoms with E-state index in [4.69, 9.17) is 0 Å². The van der Waals surface area contributed by atoms with E-state index in [9.17, 15) is 22.8 Å². The Kier molecular flexibility index (Phi) is 6.86. The highest BCUT2D eigenvalue weighted by atomic mass is 19.4. The first kappa shape index (κ1) is 15.3. The Labute approximate surface area is 97.5 Å². The van der Waals surface area contributed by atoms with Crippen LogP contribution in [0.3, 0.4) is 0 Å². The topological polar surface area (TPSA) is 34.1 Å². The van der Waals surface area contributed by atoms with Gasteiger partial charge in [-0.1, -0.05) is 18.2 Å². The maximum atomic E-state index is 12.3. The zero-order valence-corrected chi connectivity index (χ0v) is 9.33. The number of carbonyl (C=O) groups excluding carboxylic acids is 2. The fourth-order valence-electron chi connectivity index (χ4n) is 0.968. The number of halogens is 3. The number of hydrogen-bond acceptors (Lipinski definition) is 2. The molecule has 0 amide bonds. The van der Waals surface area contributed by atoms with Crippen LogP contribution in [0.25, 0.3) is 0 Å². The highest BCUT2D eigenvalue weighted by molar-refractivity contribution is 5.90. The van der Waals surface area contributed by atoms with Crippen LogP contribution in [0.2, 0.25) is 0 Å². The number of carbonyl (C=O) groups is 2. The molecule has 0 aliphatic rings. The molecule has 5 heteroatoms. The molecule has 0 aliphatic heterocycles. The van der Waals surface area contributed by atoms with Crippen LogP contribution in [0, 0.1) is 0 Å². The second-order valence-electron chi connectivity index (χ2n) is 3.15. The summed E-state index contributed by atoms with van der Waals surface area (Å²) < 4.78 is 37.0. The summed E-state index contributed by atoms with van der Waals surface area (Å²) in [6.07, 6.45) is 1.30. The van der Waals surface area contributed by atoms with E-state index >= 15 is 0 Å². The lowest BCUT2D eigenvalue weighted by molar-refractivity contribution is -0.116. The summed E-state index contributed by atoms with van der Waals surface area (Å²) in [7, 11) is 0. The zero-order valence-electron chi connectivity index (χ0n) is 9.33. The van der Waals surface area contributed by atoms with Crippen molar-refractivity contribution in [2.24, 2.45) is 0 Å². The van der Waals surface area contributed by atoms with Gasteiger partial charge in [-0.05, 0) is 19.1 Å². The molecule has 0 radical (unpaired) electrons. The van der Waals surface area contributed by atoms with Crippen LogP contribution >= 0.6 is 0 Å². The Balaban J connectivity index is 4.59. The minimum atomic E-state index is -4.44. The molecule has 0 fully saturated rings. The molecule has 0 saturated carbocycles. The average molecular weight is 246 g/mol. The average Bonchev–Trinajstić information content (AvgIpc) is 2.23. The second-order valence-corrected chi connectivity index (χ2v) is 3.15. The molecule has 0 aromatic carbocycles. The van der Waals surface area contributed by atoms with Crippen LogP contribution in [-0.4, -0.2) is 18.2 Å². The van der Waals surface area contributed by atoms with Gasteiger partial charge in [0.25, 0.3) is 0 Å². The summed E-state index contributed by atoms with van der Waals surface area (Å²) in [6.45, 7) is 1.47. The lowest BCUT2D eigenvalue weighted by atomic mass is 10.2. The first-order valence-corrected chi connectivity index (χ1v) is 4.96. The van der Waals surface area contributed by atoms with Crippen molar-refractivity contribution in [1.29, 1.82) is 0 Å². The molecule has 0 bridgehead atoms. The summed E-state index contributed by atoms with van der Waals surface area (Å²) >= 11 is 0. The largest absolute Gasteiger partial charge is 0.416 e. The molecule has 2 nitrogen and oxygen atoms in total. The van der Waals surface area contributed by atoms with E-state index in [0.29, 0.717) is 6.29 Å². The Hall–Kier alpha value is -1.65. The minimum absolute atomic E-state index is 0.0127. The van der Waals surface area contributed by atoms with E-state index in [1.54, 1.807) is 0 Å². The van der Waals surface area contributed by atoms with E-state index in [1.165, 1.54) is 13.0 Å². The molecule has 0 unspecified atom stereocenters. The number of ketones is 1. The molecule has 94 valence electrons. The van der Waals surface area contributed by atoms with Gasteiger partial charge in [0.05, 0.1) is 5.57 Å². The lowest BCUT2D eigenvalue weighted by Gasteiger charge is -2.05. The van der Waals surface area contributed by atoms with Crippen molar-refractivity contribution in [3.63, 3.8) is 0 Å². The minimum Gasteiger partial charge on any atom is -0.303 e. The Bertz CT molecular complexity index is 349. The lowest BCUT2D eigenvalue weighted by Crippen LogP contribution is -2.09. The van der Waals surface area contributed by atoms with Crippen LogP contribution in [0.4, 0.5) is 13.2 Å². The van der Waals surface area contributed by atoms with Gasteiger partial charge in [-0.2, -0.15) is 13.2 Å². The highest BCUT2D eigenvalue weighted by Gasteiger charge is 2.30. The number of hydrogen-bond donors (Lipinski definition) is 0. The van der Waals surface area contributed by atoms with Gasteiger partial charge >= 0.3 is 6.18 Å². The number of aldehydes is 1. The van der Waals surface area contributed by atoms with Crippen LogP contribution in [0.15, 0.2) is 36.0 Å². The summed E-state index contributed by atoms with van der Waals surface area (Å²) in [5.41, 5.74) is -0.834. The van der Waals surface area contributed by atoms with E-state index in [1.807, 2.05) is 0 Å². The van der Waals surface area contributed by atoms with Gasteiger partial charge in [0.2, 0.25) is 0 Å². The molecule has 0 heterocycles. The van der Waals surface area contributed by atoms with Crippen molar-refractivity contribution < 1.29 is 22.8 Å². The Morgan fingerprint density at radius 1 is 1.24 bits per heavy atom. The van der Waals surface area contributed by atoms with E-state index in [0.717, 1.165) is 24.3 Å². The molecule has 0 aromatic heterocycles. The maximum absolute atomic E-state index is 12.3. The van der Waals surface area contributed by atoms with Gasteiger partial charge in [-0.25, -0.2) is 0 Å². The fourth-order valence-corrected chi connectivity index (χ4v) is 0.968. The van der Waals surface area contributed by atoms with Crippen LogP contribution in [-0.2, 0) is 9.59 Å². The first-order chi connectivity index (χ1) is 7.91. The highest BCUT2D eigenvalue weighted by Crippen LogP contribution is 2.26. The summed E-state index contributed by atoms with van der Waals surface area (Å²) in [6, 6.07) is 0. The molecular weight excluding hydrogens is 233 g/mol. The molecule has 0 saturated heterocycles. The Morgan fingerprint density at radius 2 is 1.88 bits per heavy atom. The molecule has 0 rings (SSSR count). The summed E-state index contributed by atoms with van der Waals surface area (Å²) in [4.78, 5) is 21.0. The van der Waals surface area contributed by atoms with E-state index < -0.39 is 11.7 Å². The standard InChI is InChI=1S/C12H13F3O2/c1-2-5-10(12(13,14)15)6-3-7-11(17)8-4-9-16/h2-3,5-7,9H,4,8H2,1H3/b5-2-,7-3+,10-6+. The Morgan fingerprint density at radius 3 is 2.35 bits per heavy atom. The molecule has 0 N–H and O–H groups in total. The zero-order chi connectivity index (χ0) is 13.3. The van der Waals surface area contributed by atoms with Crippen LogP contribution < -0.4 is 0 Å². The predicted octanol–water partition coefficient (Wildman–Crippen LogP) is 3.16. The van der Waals surface area contributed by atoms with Crippen molar-refractivity contribution in [2.75, 3.05) is 0 Å². The van der Waals surface area contributed by atoms with Gasteiger partial charge < -0.3 is 4.79 Å². The molecular formula is C12H13F3O2. The third-order valence-electron chi connectivity index (χ3n) is 1.74. The maximum Gasteiger partial charge on any atom is 0.416 e. The van der Waals surface area contributed by atoms with Crippen molar-refractivity contribution in [3.05, 3.63) is 36.0 Å². The van der Waals surface area contributed by atoms with Crippen LogP contribution in [0.5, 0.6) is 0 Å².